The van der Waals surface area contributed by atoms with E-state index in [1.807, 2.05) is 0 Å². The van der Waals surface area contributed by atoms with E-state index >= 15 is 0 Å². The molecule has 136 valence electrons. The Hall–Kier alpha value is -1.44. The van der Waals surface area contributed by atoms with Crippen LogP contribution in [0.5, 0.6) is 0 Å². The van der Waals surface area contributed by atoms with E-state index < -0.39 is 23.2 Å². The quantitative estimate of drug-likeness (QED) is 0.755. The minimum Gasteiger partial charge on any atom is -0.315 e. The van der Waals surface area contributed by atoms with Crippen molar-refractivity contribution in [3.8, 4) is 0 Å². The highest BCUT2D eigenvalue weighted by atomic mass is 19.4. The van der Waals surface area contributed by atoms with E-state index in [9.17, 15) is 26.7 Å². The van der Waals surface area contributed by atoms with Gasteiger partial charge in [0.05, 0.1) is 12.1 Å². The molecule has 0 spiro atoms. The molecule has 0 N–H and O–H groups in total. The smallest absolute Gasteiger partial charge is 0.315 e. The van der Waals surface area contributed by atoms with Crippen molar-refractivity contribution in [1.29, 1.82) is 0 Å². The summed E-state index contributed by atoms with van der Waals surface area (Å²) in [5.74, 6) is -3.03. The van der Waals surface area contributed by atoms with Gasteiger partial charge in [-0.1, -0.05) is 13.8 Å². The molecule has 2 heterocycles. The van der Waals surface area contributed by atoms with E-state index in [4.69, 9.17) is 0 Å². The molecule has 8 heteroatoms. The highest BCUT2D eigenvalue weighted by Crippen LogP contribution is 2.30. The maximum Gasteiger partial charge on any atom is 0.417 e. The van der Waals surface area contributed by atoms with Gasteiger partial charge in [-0.05, 0) is 18.4 Å². The highest BCUT2D eigenvalue weighted by Gasteiger charge is 2.37. The fourth-order valence-corrected chi connectivity index (χ4v) is 2.86. The average Bonchev–Trinajstić information content (AvgIpc) is 2.78. The summed E-state index contributed by atoms with van der Waals surface area (Å²) in [5.41, 5.74) is -1.21. The summed E-state index contributed by atoms with van der Waals surface area (Å²) in [5, 5.41) is 0. The second-order valence-electron chi connectivity index (χ2n) is 6.57. The lowest BCUT2D eigenvalue weighted by molar-refractivity contribution is -0.138. The summed E-state index contributed by atoms with van der Waals surface area (Å²) in [7, 11) is 0. The molecule has 3 nitrogen and oxygen atoms in total. The number of pyridine rings is 1. The van der Waals surface area contributed by atoms with Gasteiger partial charge < -0.3 is 4.57 Å². The Morgan fingerprint density at radius 1 is 1.25 bits per heavy atom. The average molecular weight is 352 g/mol. The predicted molar refractivity (Wildman–Crippen MR) is 80.4 cm³/mol. The lowest BCUT2D eigenvalue weighted by Crippen LogP contribution is -2.30. The van der Waals surface area contributed by atoms with Gasteiger partial charge >= 0.3 is 6.18 Å². The number of aromatic nitrogens is 1. The van der Waals surface area contributed by atoms with Crippen LogP contribution in [0.4, 0.5) is 22.0 Å². The van der Waals surface area contributed by atoms with Crippen LogP contribution in [0.1, 0.15) is 43.7 Å². The Morgan fingerprint density at radius 2 is 1.92 bits per heavy atom. The van der Waals surface area contributed by atoms with Crippen LogP contribution in [0, 0.1) is 0 Å². The van der Waals surface area contributed by atoms with Gasteiger partial charge in [0.25, 0.3) is 11.5 Å². The van der Waals surface area contributed by atoms with Crippen LogP contribution in [0.25, 0.3) is 0 Å². The van der Waals surface area contributed by atoms with E-state index in [1.165, 1.54) is 0 Å². The number of alkyl halides is 5. The van der Waals surface area contributed by atoms with E-state index in [-0.39, 0.29) is 37.5 Å². The van der Waals surface area contributed by atoms with Gasteiger partial charge in [0.1, 0.15) is 0 Å². The third-order valence-corrected chi connectivity index (χ3v) is 4.19. The topological polar surface area (TPSA) is 25.2 Å². The second kappa shape index (κ2) is 6.82. The van der Waals surface area contributed by atoms with Crippen LogP contribution < -0.4 is 5.56 Å². The highest BCUT2D eigenvalue weighted by molar-refractivity contribution is 5.24. The first-order valence-corrected chi connectivity index (χ1v) is 7.91. The Labute approximate surface area is 137 Å². The van der Waals surface area contributed by atoms with Crippen molar-refractivity contribution in [1.82, 2.24) is 9.47 Å². The molecular weight excluding hydrogens is 331 g/mol. The number of hydrogen-bond acceptors (Lipinski definition) is 2. The molecule has 1 aliphatic rings. The minimum atomic E-state index is -4.53. The molecule has 1 aliphatic heterocycles. The largest absolute Gasteiger partial charge is 0.417 e. The minimum absolute atomic E-state index is 0.0740. The number of rotatable bonds is 5. The molecule has 1 saturated heterocycles. The number of halogens is 5. The van der Waals surface area contributed by atoms with E-state index in [2.05, 4.69) is 0 Å². The molecule has 1 aromatic heterocycles. The van der Waals surface area contributed by atoms with Crippen LogP contribution in [-0.4, -0.2) is 35.0 Å². The summed E-state index contributed by atoms with van der Waals surface area (Å²) in [6, 6.07) is 0.893. The van der Waals surface area contributed by atoms with Crippen molar-refractivity contribution in [3.05, 3.63) is 33.7 Å². The van der Waals surface area contributed by atoms with Gasteiger partial charge in [-0.3, -0.25) is 9.69 Å². The Balaban J connectivity index is 2.11. The molecule has 2 rings (SSSR count). The molecule has 0 atom stereocenters. The number of aryl methyl sites for hydroxylation is 1. The van der Waals surface area contributed by atoms with Gasteiger partial charge in [0.2, 0.25) is 0 Å². The second-order valence-corrected chi connectivity index (χ2v) is 6.57. The normalized spacial score (nSPS) is 18.5. The van der Waals surface area contributed by atoms with E-state index in [0.717, 1.165) is 16.8 Å². The lowest BCUT2D eigenvalue weighted by atomic mass is 10.0. The summed E-state index contributed by atoms with van der Waals surface area (Å²) in [6.45, 7) is 3.66. The van der Waals surface area contributed by atoms with Crippen LogP contribution in [0.2, 0.25) is 0 Å². The number of likely N-dealkylation sites (tertiary alicyclic amines) is 1. The first-order chi connectivity index (χ1) is 11.0. The van der Waals surface area contributed by atoms with Crippen molar-refractivity contribution in [2.75, 3.05) is 19.6 Å². The Bertz CT molecular complexity index is 636. The van der Waals surface area contributed by atoms with Gasteiger partial charge in [-0.2, -0.15) is 13.2 Å². The molecule has 24 heavy (non-hydrogen) atoms. The number of nitrogens with zero attached hydrogens (tertiary/aromatic N) is 2. The molecule has 0 saturated carbocycles. The predicted octanol–water partition coefficient (Wildman–Crippen LogP) is 3.72. The maximum absolute atomic E-state index is 13.1. The van der Waals surface area contributed by atoms with Crippen molar-refractivity contribution >= 4 is 0 Å². The number of hydrogen-bond donors (Lipinski definition) is 0. The van der Waals surface area contributed by atoms with Crippen LogP contribution >= 0.6 is 0 Å². The van der Waals surface area contributed by atoms with Crippen LogP contribution in [0.15, 0.2) is 17.1 Å². The summed E-state index contributed by atoms with van der Waals surface area (Å²) < 4.78 is 66.2. The van der Waals surface area contributed by atoms with Gasteiger partial charge in [0.15, 0.2) is 0 Å². The standard InChI is InChI=1S/C16H21F5N2O/c1-11(2)13-8-12(16(19,20)21)9-23(14(13)24)6-3-5-22-7-4-15(17,18)10-22/h8-9,11H,3-7,10H2,1-2H3. The summed E-state index contributed by atoms with van der Waals surface area (Å²) >= 11 is 0. The van der Waals surface area contributed by atoms with Crippen molar-refractivity contribution in [2.45, 2.75) is 51.3 Å². The molecule has 0 radical (unpaired) electrons. The zero-order valence-electron chi connectivity index (χ0n) is 13.7. The van der Waals surface area contributed by atoms with Crippen LogP contribution in [0.3, 0.4) is 0 Å². The summed E-state index contributed by atoms with van der Waals surface area (Å²) in [6.07, 6.45) is -3.58. The first-order valence-electron chi connectivity index (χ1n) is 7.91. The maximum atomic E-state index is 13.1. The van der Waals surface area contributed by atoms with Crippen molar-refractivity contribution < 1.29 is 22.0 Å². The molecule has 0 unspecified atom stereocenters. The van der Waals surface area contributed by atoms with E-state index in [0.29, 0.717) is 13.0 Å². The fourth-order valence-electron chi connectivity index (χ4n) is 2.86. The van der Waals surface area contributed by atoms with Gasteiger partial charge in [-0.25, -0.2) is 8.78 Å². The molecule has 0 aromatic carbocycles. The van der Waals surface area contributed by atoms with Crippen LogP contribution in [-0.2, 0) is 12.7 Å². The Kier molecular flexibility index (Phi) is 5.37. The molecule has 0 bridgehead atoms. The monoisotopic (exact) mass is 352 g/mol. The molecule has 0 aliphatic carbocycles. The summed E-state index contributed by atoms with van der Waals surface area (Å²) in [4.78, 5) is 13.9. The van der Waals surface area contributed by atoms with Gasteiger partial charge in [-0.15, -0.1) is 0 Å². The SMILES string of the molecule is CC(C)c1cc(C(F)(F)F)cn(CCCN2CCC(F)(F)C2)c1=O. The third-order valence-electron chi connectivity index (χ3n) is 4.19. The van der Waals surface area contributed by atoms with Crippen molar-refractivity contribution in [3.63, 3.8) is 0 Å². The molecular formula is C16H21F5N2O. The zero-order chi connectivity index (χ0) is 18.1. The van der Waals surface area contributed by atoms with Crippen molar-refractivity contribution in [2.24, 2.45) is 0 Å². The van der Waals surface area contributed by atoms with Gasteiger partial charge in [0, 0.05) is 37.8 Å². The lowest BCUT2D eigenvalue weighted by Gasteiger charge is -2.18. The Morgan fingerprint density at radius 3 is 2.42 bits per heavy atom. The fraction of sp³-hybridized carbons (Fsp3) is 0.688. The molecule has 1 aromatic rings. The zero-order valence-corrected chi connectivity index (χ0v) is 13.7. The molecule has 0 amide bonds. The molecule has 1 fully saturated rings. The van der Waals surface area contributed by atoms with E-state index in [1.54, 1.807) is 18.7 Å². The third kappa shape index (κ3) is 4.55. The first kappa shape index (κ1) is 18.9.